The van der Waals surface area contributed by atoms with Crippen LogP contribution in [0, 0.1) is 6.92 Å². The fourth-order valence-corrected chi connectivity index (χ4v) is 3.70. The van der Waals surface area contributed by atoms with E-state index in [1.165, 1.54) is 27.5 Å². The second-order valence-corrected chi connectivity index (χ2v) is 7.20. The molecule has 3 aromatic rings. The summed E-state index contributed by atoms with van der Waals surface area (Å²) in [5.41, 5.74) is 5.78. The van der Waals surface area contributed by atoms with Gasteiger partial charge in [-0.1, -0.05) is 28.1 Å². The van der Waals surface area contributed by atoms with Crippen molar-refractivity contribution in [3.63, 3.8) is 0 Å². The van der Waals surface area contributed by atoms with Gasteiger partial charge in [0.25, 0.3) is 0 Å². The molecule has 0 bridgehead atoms. The fourth-order valence-electron chi connectivity index (χ4n) is 3.08. The Bertz CT molecular complexity index is 898. The first kappa shape index (κ1) is 16.3. The van der Waals surface area contributed by atoms with E-state index < -0.39 is 0 Å². The van der Waals surface area contributed by atoms with E-state index in [0.29, 0.717) is 5.82 Å². The highest BCUT2D eigenvalue weighted by atomic mass is 79.9. The molecule has 0 saturated carbocycles. The van der Waals surface area contributed by atoms with Crippen molar-refractivity contribution in [3.05, 3.63) is 70.0 Å². The Morgan fingerprint density at radius 3 is 2.80 bits per heavy atom. The lowest BCUT2D eigenvalue weighted by Crippen LogP contribution is -2.31. The summed E-state index contributed by atoms with van der Waals surface area (Å²) in [6.07, 6.45) is 7.89. The summed E-state index contributed by atoms with van der Waals surface area (Å²) >= 11 is 3.68. The number of benzene rings is 1. The van der Waals surface area contributed by atoms with Gasteiger partial charge in [-0.05, 0) is 24.1 Å². The molecule has 0 amide bonds. The van der Waals surface area contributed by atoms with Crippen molar-refractivity contribution in [2.45, 2.75) is 26.4 Å². The highest BCUT2D eigenvalue weighted by molar-refractivity contribution is 9.10. The molecule has 2 aromatic heterocycles. The molecule has 25 heavy (non-hydrogen) atoms. The van der Waals surface area contributed by atoms with Crippen molar-refractivity contribution < 1.29 is 0 Å². The Labute approximate surface area is 155 Å². The summed E-state index contributed by atoms with van der Waals surface area (Å²) in [6.45, 7) is 4.91. The molecule has 5 nitrogen and oxygen atoms in total. The van der Waals surface area contributed by atoms with Crippen LogP contribution in [-0.2, 0) is 19.5 Å². The second-order valence-electron chi connectivity index (χ2n) is 6.35. The molecule has 0 aliphatic carbocycles. The molecule has 0 radical (unpaired) electrons. The lowest BCUT2D eigenvalue weighted by atomic mass is 10.1. The monoisotopic (exact) mass is 395 g/mol. The second kappa shape index (κ2) is 6.98. The quantitative estimate of drug-likeness (QED) is 0.678. The van der Waals surface area contributed by atoms with Crippen molar-refractivity contribution in [2.24, 2.45) is 0 Å². The molecule has 1 aliphatic rings. The van der Waals surface area contributed by atoms with Crippen molar-refractivity contribution in [2.75, 3.05) is 6.54 Å². The molecule has 0 spiro atoms. The Hall–Kier alpha value is -2.18. The summed E-state index contributed by atoms with van der Waals surface area (Å²) < 4.78 is 1.17. The van der Waals surface area contributed by atoms with Gasteiger partial charge in [-0.3, -0.25) is 4.90 Å². The molecular weight excluding hydrogens is 378 g/mol. The number of aryl methyl sites for hydroxylation is 1. The zero-order valence-corrected chi connectivity index (χ0v) is 15.6. The molecule has 0 saturated heterocycles. The standard InChI is InChI=1S/C19H18BrN5/c1-13-2-3-14(17(20)6-13)10-25-5-4-18-16(11-25)9-23-19(24-18)15-7-21-12-22-8-15/h2-3,6-9,12H,4-5,10-11H2,1H3. The van der Waals surface area contributed by atoms with Crippen LogP contribution in [0.3, 0.4) is 0 Å². The van der Waals surface area contributed by atoms with Gasteiger partial charge >= 0.3 is 0 Å². The van der Waals surface area contributed by atoms with Gasteiger partial charge in [0.2, 0.25) is 0 Å². The van der Waals surface area contributed by atoms with Crippen LogP contribution in [0.25, 0.3) is 11.4 Å². The van der Waals surface area contributed by atoms with E-state index in [1.807, 2.05) is 6.20 Å². The van der Waals surface area contributed by atoms with Crippen LogP contribution in [-0.4, -0.2) is 31.4 Å². The lowest BCUT2D eigenvalue weighted by molar-refractivity contribution is 0.242. The average molecular weight is 396 g/mol. The molecule has 3 heterocycles. The number of fused-ring (bicyclic) bond motifs is 1. The van der Waals surface area contributed by atoms with Gasteiger partial charge < -0.3 is 0 Å². The molecule has 0 unspecified atom stereocenters. The van der Waals surface area contributed by atoms with Gasteiger partial charge in [0.1, 0.15) is 6.33 Å². The van der Waals surface area contributed by atoms with Gasteiger partial charge in [-0.25, -0.2) is 19.9 Å². The van der Waals surface area contributed by atoms with Crippen LogP contribution < -0.4 is 0 Å². The van der Waals surface area contributed by atoms with E-state index in [9.17, 15) is 0 Å². The van der Waals surface area contributed by atoms with Gasteiger partial charge in [-0.2, -0.15) is 0 Å². The Balaban J connectivity index is 1.52. The predicted molar refractivity (Wildman–Crippen MR) is 99.8 cm³/mol. The lowest BCUT2D eigenvalue weighted by Gasteiger charge is -2.28. The van der Waals surface area contributed by atoms with E-state index in [1.54, 1.807) is 12.4 Å². The number of nitrogens with zero attached hydrogens (tertiary/aromatic N) is 5. The van der Waals surface area contributed by atoms with Crippen LogP contribution in [0.1, 0.15) is 22.4 Å². The minimum absolute atomic E-state index is 0.703. The SMILES string of the molecule is Cc1ccc(CN2CCc3nc(-c4cncnc4)ncc3C2)c(Br)c1. The Morgan fingerprint density at radius 1 is 1.16 bits per heavy atom. The van der Waals surface area contributed by atoms with Crippen LogP contribution in [0.2, 0.25) is 0 Å². The van der Waals surface area contributed by atoms with Gasteiger partial charge in [0.15, 0.2) is 5.82 Å². The van der Waals surface area contributed by atoms with Crippen molar-refractivity contribution in [1.82, 2.24) is 24.8 Å². The average Bonchev–Trinajstić information content (AvgIpc) is 2.64. The first-order valence-electron chi connectivity index (χ1n) is 8.26. The van der Waals surface area contributed by atoms with E-state index in [0.717, 1.165) is 37.3 Å². The highest BCUT2D eigenvalue weighted by Crippen LogP contribution is 2.24. The van der Waals surface area contributed by atoms with E-state index in [2.05, 4.69) is 60.9 Å². The largest absolute Gasteiger partial charge is 0.294 e. The zero-order valence-electron chi connectivity index (χ0n) is 14.0. The molecule has 0 fully saturated rings. The summed E-state index contributed by atoms with van der Waals surface area (Å²) in [6, 6.07) is 6.53. The van der Waals surface area contributed by atoms with E-state index >= 15 is 0 Å². The summed E-state index contributed by atoms with van der Waals surface area (Å²) in [4.78, 5) is 19.8. The van der Waals surface area contributed by atoms with Gasteiger partial charge in [0.05, 0.1) is 11.3 Å². The first-order chi connectivity index (χ1) is 12.2. The van der Waals surface area contributed by atoms with Crippen molar-refractivity contribution >= 4 is 15.9 Å². The maximum atomic E-state index is 4.73. The minimum Gasteiger partial charge on any atom is -0.294 e. The maximum Gasteiger partial charge on any atom is 0.162 e. The number of hydrogen-bond donors (Lipinski definition) is 0. The van der Waals surface area contributed by atoms with Crippen molar-refractivity contribution in [3.8, 4) is 11.4 Å². The maximum absolute atomic E-state index is 4.73. The van der Waals surface area contributed by atoms with Gasteiger partial charge in [-0.15, -0.1) is 0 Å². The predicted octanol–water partition coefficient (Wildman–Crippen LogP) is 3.56. The molecule has 1 aliphatic heterocycles. The topological polar surface area (TPSA) is 54.8 Å². The highest BCUT2D eigenvalue weighted by Gasteiger charge is 2.19. The third-order valence-corrected chi connectivity index (χ3v) is 5.17. The molecule has 6 heteroatoms. The van der Waals surface area contributed by atoms with Crippen LogP contribution >= 0.6 is 15.9 Å². The Morgan fingerprint density at radius 2 is 2.00 bits per heavy atom. The van der Waals surface area contributed by atoms with Crippen LogP contribution in [0.15, 0.2) is 47.6 Å². The molecule has 0 atom stereocenters. The molecular formula is C19H18BrN5. The normalized spacial score (nSPS) is 14.3. The summed E-state index contributed by atoms with van der Waals surface area (Å²) in [5.74, 6) is 0.703. The van der Waals surface area contributed by atoms with Crippen molar-refractivity contribution in [1.29, 1.82) is 0 Å². The molecule has 126 valence electrons. The number of rotatable bonds is 3. The molecule has 1 aromatic carbocycles. The Kier molecular flexibility index (Phi) is 4.55. The van der Waals surface area contributed by atoms with Crippen LogP contribution in [0.4, 0.5) is 0 Å². The smallest absolute Gasteiger partial charge is 0.162 e. The molecule has 4 rings (SSSR count). The van der Waals surface area contributed by atoms with Gasteiger partial charge in [0, 0.05) is 54.7 Å². The van der Waals surface area contributed by atoms with E-state index in [4.69, 9.17) is 4.98 Å². The third kappa shape index (κ3) is 3.60. The zero-order chi connectivity index (χ0) is 17.2. The number of hydrogen-bond acceptors (Lipinski definition) is 5. The number of aromatic nitrogens is 4. The number of halogens is 1. The minimum atomic E-state index is 0.703. The van der Waals surface area contributed by atoms with Crippen LogP contribution in [0.5, 0.6) is 0 Å². The summed E-state index contributed by atoms with van der Waals surface area (Å²) in [7, 11) is 0. The third-order valence-electron chi connectivity index (χ3n) is 4.43. The molecule has 0 N–H and O–H groups in total. The summed E-state index contributed by atoms with van der Waals surface area (Å²) in [5, 5.41) is 0. The fraction of sp³-hybridized carbons (Fsp3) is 0.263. The first-order valence-corrected chi connectivity index (χ1v) is 9.06. The van der Waals surface area contributed by atoms with E-state index in [-0.39, 0.29) is 0 Å².